The lowest BCUT2D eigenvalue weighted by Gasteiger charge is -2.14. The zero-order valence-electron chi connectivity index (χ0n) is 13.6. The van der Waals surface area contributed by atoms with Gasteiger partial charge in [-0.15, -0.1) is 0 Å². The summed E-state index contributed by atoms with van der Waals surface area (Å²) < 4.78 is 0. The number of hydrogen-bond donors (Lipinski definition) is 1. The molecule has 0 saturated carbocycles. The molecule has 3 aromatic carbocycles. The molecule has 3 aromatic rings. The smallest absolute Gasteiger partial charge is 0.258 e. The van der Waals surface area contributed by atoms with Crippen LogP contribution in [0.1, 0.15) is 28.2 Å². The molecule has 0 aliphatic heterocycles. The predicted molar refractivity (Wildman–Crippen MR) is 103 cm³/mol. The van der Waals surface area contributed by atoms with Crippen molar-refractivity contribution in [3.63, 3.8) is 0 Å². The summed E-state index contributed by atoms with van der Waals surface area (Å²) >= 11 is 4.30. The highest BCUT2D eigenvalue weighted by atomic mass is 32.1. The predicted octanol–water partition coefficient (Wildman–Crippen LogP) is 5.38. The molecule has 4 heteroatoms. The Kier molecular flexibility index (Phi) is 4.06. The van der Waals surface area contributed by atoms with Gasteiger partial charge in [-0.3, -0.25) is 10.1 Å². The Morgan fingerprint density at radius 3 is 2.28 bits per heavy atom. The van der Waals surface area contributed by atoms with Gasteiger partial charge in [-0.2, -0.15) is 12.6 Å². The van der Waals surface area contributed by atoms with Gasteiger partial charge in [0.1, 0.15) is 0 Å². The van der Waals surface area contributed by atoms with Gasteiger partial charge in [0.2, 0.25) is 0 Å². The van der Waals surface area contributed by atoms with E-state index in [1.54, 1.807) is 12.1 Å². The summed E-state index contributed by atoms with van der Waals surface area (Å²) in [5.41, 5.74) is 7.16. The minimum absolute atomic E-state index is 0.146. The Balaban J connectivity index is 1.78. The second-order valence-electron chi connectivity index (χ2n) is 6.35. The van der Waals surface area contributed by atoms with Gasteiger partial charge < -0.3 is 0 Å². The van der Waals surface area contributed by atoms with Crippen molar-refractivity contribution in [3.8, 4) is 11.1 Å². The van der Waals surface area contributed by atoms with E-state index in [-0.39, 0.29) is 16.5 Å². The molecule has 4 rings (SSSR count). The van der Waals surface area contributed by atoms with Crippen molar-refractivity contribution in [1.29, 1.82) is 0 Å². The SMILES string of the molecule is O=[N+]([O-])c1ccc2c(c1)C(Cc1ccc(CS)cc1)c1ccccc1-2. The number of nitrogens with zero attached hydrogens (tertiary/aromatic N) is 1. The van der Waals surface area contributed by atoms with Gasteiger partial charge in [-0.05, 0) is 45.9 Å². The van der Waals surface area contributed by atoms with Crippen LogP contribution in [0.4, 0.5) is 5.69 Å². The minimum Gasteiger partial charge on any atom is -0.258 e. The van der Waals surface area contributed by atoms with Crippen LogP contribution in [0, 0.1) is 10.1 Å². The number of nitro groups is 1. The fourth-order valence-corrected chi connectivity index (χ4v) is 3.86. The van der Waals surface area contributed by atoms with Crippen LogP contribution in [0.2, 0.25) is 0 Å². The number of nitro benzene ring substituents is 1. The van der Waals surface area contributed by atoms with Crippen LogP contribution >= 0.6 is 12.6 Å². The normalized spacial score (nSPS) is 14.8. The van der Waals surface area contributed by atoms with Crippen molar-refractivity contribution in [2.45, 2.75) is 18.1 Å². The van der Waals surface area contributed by atoms with E-state index in [1.165, 1.54) is 22.3 Å². The molecule has 0 N–H and O–H groups in total. The second kappa shape index (κ2) is 6.37. The maximum atomic E-state index is 11.2. The van der Waals surface area contributed by atoms with Crippen LogP contribution < -0.4 is 0 Å². The molecule has 0 spiro atoms. The molecule has 1 atom stereocenters. The van der Waals surface area contributed by atoms with Crippen molar-refractivity contribution in [3.05, 3.63) is 99.1 Å². The Hall–Kier alpha value is -2.59. The molecule has 1 aliphatic rings. The molecule has 3 nitrogen and oxygen atoms in total. The first kappa shape index (κ1) is 15.9. The summed E-state index contributed by atoms with van der Waals surface area (Å²) in [4.78, 5) is 10.9. The standard InChI is InChI=1S/C21H17NO2S/c23-22(24)16-9-10-19-17-3-1-2-4-18(17)20(21(19)12-16)11-14-5-7-15(13-25)8-6-14/h1-10,12,20,25H,11,13H2. The number of hydrogen-bond acceptors (Lipinski definition) is 3. The molecule has 0 bridgehead atoms. The third-order valence-corrected chi connectivity index (χ3v) is 5.26. The Labute approximate surface area is 151 Å². The Morgan fingerprint density at radius 1 is 0.880 bits per heavy atom. The topological polar surface area (TPSA) is 43.1 Å². The first-order chi connectivity index (χ1) is 12.2. The Morgan fingerprint density at radius 2 is 1.56 bits per heavy atom. The highest BCUT2D eigenvalue weighted by Crippen LogP contribution is 2.47. The molecule has 25 heavy (non-hydrogen) atoms. The highest BCUT2D eigenvalue weighted by Gasteiger charge is 2.30. The summed E-state index contributed by atoms with van der Waals surface area (Å²) in [6.45, 7) is 0. The van der Waals surface area contributed by atoms with Crippen LogP contribution in [-0.2, 0) is 12.2 Å². The van der Waals surface area contributed by atoms with Crippen molar-refractivity contribution in [2.75, 3.05) is 0 Å². The molecule has 0 aromatic heterocycles. The number of non-ortho nitro benzene ring substituents is 1. The zero-order valence-corrected chi connectivity index (χ0v) is 14.4. The summed E-state index contributed by atoms with van der Waals surface area (Å²) in [5, 5.41) is 11.2. The fraction of sp³-hybridized carbons (Fsp3) is 0.143. The van der Waals surface area contributed by atoms with Crippen LogP contribution in [0.3, 0.4) is 0 Å². The summed E-state index contributed by atoms with van der Waals surface area (Å²) in [7, 11) is 0. The average molecular weight is 347 g/mol. The van der Waals surface area contributed by atoms with Gasteiger partial charge in [0.05, 0.1) is 4.92 Å². The summed E-state index contributed by atoms with van der Waals surface area (Å²) in [6.07, 6.45) is 0.831. The lowest BCUT2D eigenvalue weighted by Crippen LogP contribution is -2.02. The van der Waals surface area contributed by atoms with Gasteiger partial charge in [0.15, 0.2) is 0 Å². The fourth-order valence-electron chi connectivity index (χ4n) is 3.65. The van der Waals surface area contributed by atoms with Crippen LogP contribution in [0.5, 0.6) is 0 Å². The molecular weight excluding hydrogens is 330 g/mol. The van der Waals surface area contributed by atoms with E-state index < -0.39 is 0 Å². The lowest BCUT2D eigenvalue weighted by molar-refractivity contribution is -0.384. The van der Waals surface area contributed by atoms with E-state index in [2.05, 4.69) is 49.0 Å². The van der Waals surface area contributed by atoms with Gasteiger partial charge >= 0.3 is 0 Å². The van der Waals surface area contributed by atoms with Gasteiger partial charge in [0.25, 0.3) is 5.69 Å². The third kappa shape index (κ3) is 2.83. The van der Waals surface area contributed by atoms with E-state index >= 15 is 0 Å². The summed E-state index contributed by atoms with van der Waals surface area (Å²) in [6, 6.07) is 22.0. The molecule has 1 aliphatic carbocycles. The number of rotatable bonds is 4. The number of thiol groups is 1. The van der Waals surface area contributed by atoms with E-state index in [9.17, 15) is 10.1 Å². The van der Waals surface area contributed by atoms with Crippen molar-refractivity contribution < 1.29 is 4.92 Å². The van der Waals surface area contributed by atoms with Gasteiger partial charge in [-0.1, -0.05) is 48.5 Å². The minimum atomic E-state index is -0.318. The first-order valence-electron chi connectivity index (χ1n) is 8.23. The quantitative estimate of drug-likeness (QED) is 0.391. The molecular formula is C21H17NO2S. The monoisotopic (exact) mass is 347 g/mol. The molecule has 124 valence electrons. The van der Waals surface area contributed by atoms with E-state index in [0.717, 1.165) is 23.3 Å². The van der Waals surface area contributed by atoms with E-state index in [1.807, 2.05) is 18.2 Å². The van der Waals surface area contributed by atoms with Crippen molar-refractivity contribution in [1.82, 2.24) is 0 Å². The molecule has 0 amide bonds. The zero-order chi connectivity index (χ0) is 17.4. The maximum absolute atomic E-state index is 11.2. The first-order valence-corrected chi connectivity index (χ1v) is 8.87. The van der Waals surface area contributed by atoms with Crippen LogP contribution in [-0.4, -0.2) is 4.92 Å². The molecule has 0 fully saturated rings. The largest absolute Gasteiger partial charge is 0.269 e. The van der Waals surface area contributed by atoms with Crippen molar-refractivity contribution in [2.24, 2.45) is 0 Å². The summed E-state index contributed by atoms with van der Waals surface area (Å²) in [5.74, 6) is 0.870. The number of benzene rings is 3. The highest BCUT2D eigenvalue weighted by molar-refractivity contribution is 7.79. The number of fused-ring (bicyclic) bond motifs is 3. The van der Waals surface area contributed by atoms with Gasteiger partial charge in [-0.25, -0.2) is 0 Å². The molecule has 1 unspecified atom stereocenters. The lowest BCUT2D eigenvalue weighted by atomic mass is 9.90. The molecule has 0 radical (unpaired) electrons. The van der Waals surface area contributed by atoms with Gasteiger partial charge in [0, 0.05) is 23.8 Å². The van der Waals surface area contributed by atoms with E-state index in [4.69, 9.17) is 0 Å². The van der Waals surface area contributed by atoms with E-state index in [0.29, 0.717) is 0 Å². The third-order valence-electron chi connectivity index (χ3n) is 4.89. The molecule has 0 heterocycles. The molecule has 0 saturated heterocycles. The van der Waals surface area contributed by atoms with Crippen molar-refractivity contribution >= 4 is 18.3 Å². The van der Waals surface area contributed by atoms with Crippen LogP contribution in [0.25, 0.3) is 11.1 Å². The maximum Gasteiger partial charge on any atom is 0.269 e. The Bertz CT molecular complexity index is 950. The average Bonchev–Trinajstić information content (AvgIpc) is 2.96. The second-order valence-corrected chi connectivity index (χ2v) is 6.66. The van der Waals surface area contributed by atoms with Crippen LogP contribution in [0.15, 0.2) is 66.7 Å².